The summed E-state index contributed by atoms with van der Waals surface area (Å²) in [5.41, 5.74) is 2.74. The van der Waals surface area contributed by atoms with Crippen LogP contribution in [0.15, 0.2) is 30.6 Å². The first-order valence-corrected chi connectivity index (χ1v) is 10.4. The molecule has 0 radical (unpaired) electrons. The highest BCUT2D eigenvalue weighted by Crippen LogP contribution is 2.30. The van der Waals surface area contributed by atoms with Crippen LogP contribution in [0.5, 0.6) is 5.75 Å². The number of rotatable bonds is 5. The Morgan fingerprint density at radius 3 is 2.97 bits per heavy atom. The van der Waals surface area contributed by atoms with Crippen LogP contribution in [0.1, 0.15) is 35.0 Å². The number of carbonyl (C=O) groups excluding carboxylic acids is 1. The second kappa shape index (κ2) is 7.52. The first kappa shape index (κ1) is 19.3. The van der Waals surface area contributed by atoms with Crippen LogP contribution < -0.4 is 4.74 Å². The standard InChI is InChI=1S/C21H21ClFN5O2/c1-2-5-26-9-15(10-26)30-19-6-14(23)3-4-16(19)21(29)27-11-17-18(12-27)25-28-8-13(22)7-24-20(17)28/h3-4,6-8,15H,2,5,9-12H2,1H3. The maximum absolute atomic E-state index is 13.9. The molecule has 1 saturated heterocycles. The highest BCUT2D eigenvalue weighted by molar-refractivity contribution is 6.30. The highest BCUT2D eigenvalue weighted by Gasteiger charge is 2.33. The van der Waals surface area contributed by atoms with Crippen LogP contribution in [0, 0.1) is 5.82 Å². The third-order valence-electron chi connectivity index (χ3n) is 5.53. The molecular formula is C21H21ClFN5O2. The van der Waals surface area contributed by atoms with Crippen LogP contribution >= 0.6 is 11.6 Å². The normalized spacial score (nSPS) is 16.7. The molecule has 0 aliphatic carbocycles. The zero-order valence-corrected chi connectivity index (χ0v) is 17.3. The highest BCUT2D eigenvalue weighted by atomic mass is 35.5. The molecule has 2 aromatic heterocycles. The molecule has 156 valence electrons. The Hall–Kier alpha value is -2.71. The summed E-state index contributed by atoms with van der Waals surface area (Å²) in [4.78, 5) is 21.5. The second-order valence-electron chi connectivity index (χ2n) is 7.77. The van der Waals surface area contributed by atoms with Crippen LogP contribution in [0.2, 0.25) is 5.02 Å². The molecule has 5 rings (SSSR count). The molecule has 0 unspecified atom stereocenters. The van der Waals surface area contributed by atoms with Crippen molar-refractivity contribution in [3.05, 3.63) is 58.3 Å². The molecule has 7 nitrogen and oxygen atoms in total. The van der Waals surface area contributed by atoms with Gasteiger partial charge in [0.15, 0.2) is 5.65 Å². The lowest BCUT2D eigenvalue weighted by Gasteiger charge is -2.39. The van der Waals surface area contributed by atoms with E-state index in [4.69, 9.17) is 16.3 Å². The Morgan fingerprint density at radius 1 is 1.33 bits per heavy atom. The summed E-state index contributed by atoms with van der Waals surface area (Å²) in [5, 5.41) is 4.99. The van der Waals surface area contributed by atoms with E-state index in [0.717, 1.165) is 37.3 Å². The first-order valence-electron chi connectivity index (χ1n) is 10.0. The predicted octanol–water partition coefficient (Wildman–Crippen LogP) is 3.15. The minimum absolute atomic E-state index is 0.0289. The average Bonchev–Trinajstić information content (AvgIpc) is 3.23. The molecule has 30 heavy (non-hydrogen) atoms. The number of amides is 1. The molecule has 3 aromatic rings. The summed E-state index contributed by atoms with van der Waals surface area (Å²) in [7, 11) is 0. The van der Waals surface area contributed by atoms with Crippen molar-refractivity contribution in [1.82, 2.24) is 24.4 Å². The summed E-state index contributed by atoms with van der Waals surface area (Å²) in [6, 6.07) is 4.09. The van der Waals surface area contributed by atoms with Crippen LogP contribution in [0.25, 0.3) is 5.65 Å². The van der Waals surface area contributed by atoms with Crippen molar-refractivity contribution in [2.45, 2.75) is 32.5 Å². The molecule has 0 N–H and O–H groups in total. The molecule has 1 fully saturated rings. The van der Waals surface area contributed by atoms with E-state index in [1.165, 1.54) is 18.2 Å². The van der Waals surface area contributed by atoms with Gasteiger partial charge in [0.1, 0.15) is 17.7 Å². The Labute approximate surface area is 178 Å². The smallest absolute Gasteiger partial charge is 0.258 e. The van der Waals surface area contributed by atoms with E-state index in [1.54, 1.807) is 21.8 Å². The first-order chi connectivity index (χ1) is 14.5. The van der Waals surface area contributed by atoms with Gasteiger partial charge in [-0.05, 0) is 25.1 Å². The zero-order valence-electron chi connectivity index (χ0n) is 16.5. The fourth-order valence-corrected chi connectivity index (χ4v) is 4.22. The van der Waals surface area contributed by atoms with Gasteiger partial charge in [0.25, 0.3) is 5.91 Å². The maximum Gasteiger partial charge on any atom is 0.258 e. The number of aromatic nitrogens is 3. The number of halogens is 2. The Morgan fingerprint density at radius 2 is 2.17 bits per heavy atom. The molecule has 0 bridgehead atoms. The van der Waals surface area contributed by atoms with Gasteiger partial charge in [-0.3, -0.25) is 9.69 Å². The number of ether oxygens (including phenoxy) is 1. The third-order valence-corrected chi connectivity index (χ3v) is 5.72. The van der Waals surface area contributed by atoms with Gasteiger partial charge in [0.05, 0.1) is 35.6 Å². The quantitative estimate of drug-likeness (QED) is 0.623. The van der Waals surface area contributed by atoms with E-state index >= 15 is 0 Å². The Bertz CT molecular complexity index is 1130. The van der Waals surface area contributed by atoms with Gasteiger partial charge in [0.2, 0.25) is 0 Å². The fourth-order valence-electron chi connectivity index (χ4n) is 4.08. The molecule has 0 spiro atoms. The van der Waals surface area contributed by atoms with Gasteiger partial charge in [0, 0.05) is 30.9 Å². The van der Waals surface area contributed by atoms with E-state index in [9.17, 15) is 9.18 Å². The lowest BCUT2D eigenvalue weighted by molar-refractivity contribution is 0.0191. The van der Waals surface area contributed by atoms with Crippen molar-refractivity contribution in [2.24, 2.45) is 0 Å². The van der Waals surface area contributed by atoms with Crippen molar-refractivity contribution < 1.29 is 13.9 Å². The molecule has 1 amide bonds. The molecule has 4 heterocycles. The third kappa shape index (κ3) is 3.40. The van der Waals surface area contributed by atoms with E-state index < -0.39 is 5.82 Å². The summed E-state index contributed by atoms with van der Waals surface area (Å²) in [6.45, 7) is 5.47. The van der Waals surface area contributed by atoms with Gasteiger partial charge in [-0.1, -0.05) is 18.5 Å². The molecule has 2 aliphatic rings. The summed E-state index contributed by atoms with van der Waals surface area (Å²) in [5.74, 6) is -0.334. The Balaban J connectivity index is 1.35. The van der Waals surface area contributed by atoms with E-state index in [1.807, 2.05) is 0 Å². The van der Waals surface area contributed by atoms with Crippen LogP contribution in [0.4, 0.5) is 4.39 Å². The second-order valence-corrected chi connectivity index (χ2v) is 8.20. The number of hydrogen-bond donors (Lipinski definition) is 0. The summed E-state index contributed by atoms with van der Waals surface area (Å²) < 4.78 is 21.5. The number of carbonyl (C=O) groups is 1. The molecule has 1 aromatic carbocycles. The lowest BCUT2D eigenvalue weighted by Crippen LogP contribution is -2.53. The van der Waals surface area contributed by atoms with E-state index in [2.05, 4.69) is 21.9 Å². The van der Waals surface area contributed by atoms with Crippen molar-refractivity contribution in [1.29, 1.82) is 0 Å². The van der Waals surface area contributed by atoms with Crippen LogP contribution in [-0.4, -0.2) is 56.0 Å². The fraction of sp³-hybridized carbons (Fsp3) is 0.381. The van der Waals surface area contributed by atoms with Crippen molar-refractivity contribution in [3.8, 4) is 5.75 Å². The Kier molecular flexibility index (Phi) is 4.83. The molecular weight excluding hydrogens is 409 g/mol. The van der Waals surface area contributed by atoms with Gasteiger partial charge in [-0.15, -0.1) is 0 Å². The SMILES string of the molecule is CCCN1CC(Oc2cc(F)ccc2C(=O)N2Cc3nn4cc(Cl)cnc4c3C2)C1. The van der Waals surface area contributed by atoms with Crippen LogP contribution in [0.3, 0.4) is 0 Å². The topological polar surface area (TPSA) is 63.0 Å². The number of nitrogens with zero attached hydrogens (tertiary/aromatic N) is 5. The van der Waals surface area contributed by atoms with Crippen molar-refractivity contribution >= 4 is 23.2 Å². The molecule has 0 saturated carbocycles. The monoisotopic (exact) mass is 429 g/mol. The van der Waals surface area contributed by atoms with Gasteiger partial charge in [-0.25, -0.2) is 13.9 Å². The lowest BCUT2D eigenvalue weighted by atomic mass is 10.1. The minimum Gasteiger partial charge on any atom is -0.487 e. The molecule has 2 aliphatic heterocycles. The number of hydrogen-bond acceptors (Lipinski definition) is 5. The van der Waals surface area contributed by atoms with Crippen molar-refractivity contribution in [3.63, 3.8) is 0 Å². The van der Waals surface area contributed by atoms with Gasteiger partial charge < -0.3 is 9.64 Å². The molecule has 9 heteroatoms. The number of fused-ring (bicyclic) bond motifs is 3. The average molecular weight is 430 g/mol. The maximum atomic E-state index is 13.9. The largest absolute Gasteiger partial charge is 0.487 e. The predicted molar refractivity (Wildman–Crippen MR) is 109 cm³/mol. The van der Waals surface area contributed by atoms with E-state index in [-0.39, 0.29) is 12.0 Å². The zero-order chi connectivity index (χ0) is 20.8. The molecule has 0 atom stereocenters. The van der Waals surface area contributed by atoms with Gasteiger partial charge >= 0.3 is 0 Å². The number of benzene rings is 1. The van der Waals surface area contributed by atoms with Gasteiger partial charge in [-0.2, -0.15) is 5.10 Å². The summed E-state index contributed by atoms with van der Waals surface area (Å²) in [6.07, 6.45) is 4.31. The van der Waals surface area contributed by atoms with Crippen LogP contribution in [-0.2, 0) is 13.1 Å². The minimum atomic E-state index is -0.422. The summed E-state index contributed by atoms with van der Waals surface area (Å²) >= 11 is 5.98. The van der Waals surface area contributed by atoms with E-state index in [0.29, 0.717) is 35.1 Å². The van der Waals surface area contributed by atoms with Crippen molar-refractivity contribution in [2.75, 3.05) is 19.6 Å². The number of likely N-dealkylation sites (tertiary alicyclic amines) is 1.